The molecule has 0 fully saturated rings. The number of hydrogen-bond donors (Lipinski definition) is 2. The Bertz CT molecular complexity index is 736. The van der Waals surface area contributed by atoms with Crippen LogP contribution in [-0.2, 0) is 11.3 Å². The number of carbonyl (C=O) groups is 1. The Hall–Kier alpha value is -3.09. The van der Waals surface area contributed by atoms with Crippen LogP contribution >= 0.6 is 0 Å². The van der Waals surface area contributed by atoms with Gasteiger partial charge in [0.2, 0.25) is 5.91 Å². The molecule has 118 valence electrons. The molecule has 0 spiro atoms. The van der Waals surface area contributed by atoms with Gasteiger partial charge >= 0.3 is 0 Å². The molecule has 0 aromatic carbocycles. The summed E-state index contributed by atoms with van der Waals surface area (Å²) in [6, 6.07) is 9.53. The van der Waals surface area contributed by atoms with Crippen molar-refractivity contribution in [2.45, 2.75) is 6.54 Å². The smallest absolute Gasteiger partial charge is 0.239 e. The van der Waals surface area contributed by atoms with Crippen molar-refractivity contribution in [1.29, 1.82) is 0 Å². The molecule has 0 unspecified atom stereocenters. The van der Waals surface area contributed by atoms with E-state index in [4.69, 9.17) is 0 Å². The van der Waals surface area contributed by atoms with Crippen molar-refractivity contribution in [2.75, 3.05) is 18.4 Å². The van der Waals surface area contributed by atoms with Gasteiger partial charge in [0.25, 0.3) is 0 Å². The van der Waals surface area contributed by atoms with Crippen LogP contribution in [0, 0.1) is 0 Å². The van der Waals surface area contributed by atoms with Crippen LogP contribution < -0.4 is 10.6 Å². The first-order valence-electron chi connectivity index (χ1n) is 7.38. The van der Waals surface area contributed by atoms with Gasteiger partial charge in [-0.25, -0.2) is 9.97 Å². The molecular weight excluding hydrogens is 292 g/mol. The molecule has 0 atom stereocenters. The molecule has 3 aromatic heterocycles. The maximum atomic E-state index is 11.7. The van der Waals surface area contributed by atoms with Crippen molar-refractivity contribution >= 4 is 11.7 Å². The topological polar surface area (TPSA) is 76.8 Å². The summed E-state index contributed by atoms with van der Waals surface area (Å²) in [5.74, 6) is 1.51. The molecule has 0 saturated heterocycles. The molecule has 2 N–H and O–H groups in total. The Labute approximate surface area is 134 Å². The van der Waals surface area contributed by atoms with Crippen LogP contribution in [0.15, 0.2) is 61.4 Å². The van der Waals surface area contributed by atoms with Gasteiger partial charge in [0.15, 0.2) is 0 Å². The Balaban J connectivity index is 1.44. The lowest BCUT2D eigenvalue weighted by atomic mass is 10.4. The summed E-state index contributed by atoms with van der Waals surface area (Å²) in [6.07, 6.45) is 9.09. The SMILES string of the molecule is O=C(Cn1cccc1)NCCNc1cc(-n2cccc2)ncn1. The molecule has 0 bridgehead atoms. The Morgan fingerprint density at radius 1 is 1.00 bits per heavy atom. The average Bonchev–Trinajstić information content (AvgIpc) is 3.25. The van der Waals surface area contributed by atoms with E-state index in [2.05, 4.69) is 20.6 Å². The van der Waals surface area contributed by atoms with Gasteiger partial charge in [-0.05, 0) is 24.3 Å². The monoisotopic (exact) mass is 310 g/mol. The van der Waals surface area contributed by atoms with Crippen LogP contribution in [0.1, 0.15) is 0 Å². The van der Waals surface area contributed by atoms with E-state index in [0.717, 1.165) is 11.6 Å². The van der Waals surface area contributed by atoms with Crippen molar-refractivity contribution in [1.82, 2.24) is 24.4 Å². The van der Waals surface area contributed by atoms with E-state index >= 15 is 0 Å². The van der Waals surface area contributed by atoms with E-state index in [9.17, 15) is 4.79 Å². The van der Waals surface area contributed by atoms with Crippen molar-refractivity contribution in [3.8, 4) is 5.82 Å². The normalized spacial score (nSPS) is 10.4. The molecule has 0 saturated carbocycles. The molecule has 0 aliphatic heterocycles. The van der Waals surface area contributed by atoms with E-state index in [1.807, 2.05) is 64.3 Å². The van der Waals surface area contributed by atoms with Gasteiger partial charge in [0, 0.05) is 43.9 Å². The first-order chi connectivity index (χ1) is 11.3. The van der Waals surface area contributed by atoms with Crippen LogP contribution in [0.3, 0.4) is 0 Å². The average molecular weight is 310 g/mol. The molecule has 7 heteroatoms. The summed E-state index contributed by atoms with van der Waals surface area (Å²) in [6.45, 7) is 1.46. The number of carbonyl (C=O) groups excluding carboxylic acids is 1. The van der Waals surface area contributed by atoms with Crippen LogP contribution in [0.2, 0.25) is 0 Å². The molecule has 23 heavy (non-hydrogen) atoms. The number of rotatable bonds is 7. The maximum Gasteiger partial charge on any atom is 0.239 e. The second kappa shape index (κ2) is 7.26. The minimum absolute atomic E-state index is 0.0151. The van der Waals surface area contributed by atoms with E-state index in [1.54, 1.807) is 0 Å². The highest BCUT2D eigenvalue weighted by molar-refractivity contribution is 5.75. The molecule has 0 aliphatic rings. The predicted octanol–water partition coefficient (Wildman–Crippen LogP) is 1.30. The third kappa shape index (κ3) is 4.19. The molecule has 3 heterocycles. The number of anilines is 1. The van der Waals surface area contributed by atoms with Crippen LogP contribution in [-0.4, -0.2) is 38.1 Å². The third-order valence-electron chi connectivity index (χ3n) is 3.27. The van der Waals surface area contributed by atoms with Gasteiger partial charge in [-0.15, -0.1) is 0 Å². The standard InChI is InChI=1S/C16H18N6O/c23-16(12-21-7-1-2-8-21)18-6-5-17-14-11-15(20-13-19-14)22-9-3-4-10-22/h1-4,7-11,13H,5-6,12H2,(H,18,23)(H,17,19,20). The second-order valence-corrected chi connectivity index (χ2v) is 4.98. The summed E-state index contributed by atoms with van der Waals surface area (Å²) >= 11 is 0. The van der Waals surface area contributed by atoms with Crippen molar-refractivity contribution in [3.05, 3.63) is 61.4 Å². The van der Waals surface area contributed by atoms with Crippen LogP contribution in [0.4, 0.5) is 5.82 Å². The number of amides is 1. The first kappa shape index (κ1) is 14.8. The molecular formula is C16H18N6O. The lowest BCUT2D eigenvalue weighted by Gasteiger charge is -2.09. The van der Waals surface area contributed by atoms with E-state index in [1.165, 1.54) is 6.33 Å². The van der Waals surface area contributed by atoms with Gasteiger partial charge < -0.3 is 19.8 Å². The zero-order valence-electron chi connectivity index (χ0n) is 12.6. The summed E-state index contributed by atoms with van der Waals surface area (Å²) < 4.78 is 3.74. The largest absolute Gasteiger partial charge is 0.368 e. The summed E-state index contributed by atoms with van der Waals surface area (Å²) in [4.78, 5) is 20.1. The Kier molecular flexibility index (Phi) is 4.68. The number of nitrogens with zero attached hydrogens (tertiary/aromatic N) is 4. The summed E-state index contributed by atoms with van der Waals surface area (Å²) in [7, 11) is 0. The van der Waals surface area contributed by atoms with Gasteiger partial charge in [-0.2, -0.15) is 0 Å². The highest BCUT2D eigenvalue weighted by Gasteiger charge is 2.02. The zero-order valence-corrected chi connectivity index (χ0v) is 12.6. The fourth-order valence-electron chi connectivity index (χ4n) is 2.16. The molecule has 0 radical (unpaired) electrons. The molecule has 7 nitrogen and oxygen atoms in total. The van der Waals surface area contributed by atoms with E-state index in [0.29, 0.717) is 19.6 Å². The minimum atomic E-state index is -0.0151. The Morgan fingerprint density at radius 2 is 1.74 bits per heavy atom. The molecule has 3 aromatic rings. The second-order valence-electron chi connectivity index (χ2n) is 4.98. The molecule has 0 aliphatic carbocycles. The highest BCUT2D eigenvalue weighted by atomic mass is 16.1. The fourth-order valence-corrected chi connectivity index (χ4v) is 2.16. The van der Waals surface area contributed by atoms with Crippen LogP contribution in [0.25, 0.3) is 5.82 Å². The van der Waals surface area contributed by atoms with Gasteiger partial charge in [0.05, 0.1) is 0 Å². The lowest BCUT2D eigenvalue weighted by Crippen LogP contribution is -2.31. The third-order valence-corrected chi connectivity index (χ3v) is 3.27. The van der Waals surface area contributed by atoms with E-state index in [-0.39, 0.29) is 5.91 Å². The summed E-state index contributed by atoms with van der Waals surface area (Å²) in [5.41, 5.74) is 0. The maximum absolute atomic E-state index is 11.7. The first-order valence-corrected chi connectivity index (χ1v) is 7.38. The van der Waals surface area contributed by atoms with Crippen molar-refractivity contribution < 1.29 is 4.79 Å². The fraction of sp³-hybridized carbons (Fsp3) is 0.188. The van der Waals surface area contributed by atoms with Gasteiger partial charge in [-0.1, -0.05) is 0 Å². The quantitative estimate of drug-likeness (QED) is 0.645. The van der Waals surface area contributed by atoms with Crippen LogP contribution in [0.5, 0.6) is 0 Å². The summed E-state index contributed by atoms with van der Waals surface area (Å²) in [5, 5.41) is 6.04. The molecule has 1 amide bonds. The lowest BCUT2D eigenvalue weighted by molar-refractivity contribution is -0.121. The Morgan fingerprint density at radius 3 is 2.52 bits per heavy atom. The van der Waals surface area contributed by atoms with Gasteiger partial charge in [-0.3, -0.25) is 4.79 Å². The highest BCUT2D eigenvalue weighted by Crippen LogP contribution is 2.08. The number of aromatic nitrogens is 4. The van der Waals surface area contributed by atoms with E-state index < -0.39 is 0 Å². The minimum Gasteiger partial charge on any atom is -0.368 e. The zero-order chi connectivity index (χ0) is 15.9. The van der Waals surface area contributed by atoms with Gasteiger partial charge in [0.1, 0.15) is 24.5 Å². The van der Waals surface area contributed by atoms with Crippen molar-refractivity contribution in [2.24, 2.45) is 0 Å². The predicted molar refractivity (Wildman–Crippen MR) is 87.3 cm³/mol. The van der Waals surface area contributed by atoms with Crippen molar-refractivity contribution in [3.63, 3.8) is 0 Å². The number of hydrogen-bond acceptors (Lipinski definition) is 4. The number of nitrogens with one attached hydrogen (secondary N) is 2. The molecule has 3 rings (SSSR count).